The average molecular weight is 554 g/mol. The highest BCUT2D eigenvalue weighted by molar-refractivity contribution is 7.92. The fraction of sp³-hybridized carbons (Fsp3) is 0.333. The minimum Gasteiger partial charge on any atom is -0.355 e. The van der Waals surface area contributed by atoms with Crippen molar-refractivity contribution in [2.75, 3.05) is 17.4 Å². The van der Waals surface area contributed by atoms with Gasteiger partial charge in [-0.05, 0) is 68.1 Å². The third kappa shape index (κ3) is 7.23. The predicted octanol–water partition coefficient (Wildman–Crippen LogP) is 4.84. The van der Waals surface area contributed by atoms with Gasteiger partial charge in [0.25, 0.3) is 10.0 Å². The number of benzene rings is 3. The summed E-state index contributed by atoms with van der Waals surface area (Å²) in [6.07, 6.45) is 0.870. The van der Waals surface area contributed by atoms with Gasteiger partial charge in [-0.2, -0.15) is 0 Å². The van der Waals surface area contributed by atoms with E-state index in [1.807, 2.05) is 26.0 Å². The number of sulfonamides is 1. The molecule has 0 saturated carbocycles. The predicted molar refractivity (Wildman–Crippen MR) is 151 cm³/mol. The second kappa shape index (κ2) is 13.4. The van der Waals surface area contributed by atoms with Crippen molar-refractivity contribution in [2.45, 2.75) is 58.0 Å². The molecular formula is C30H36FN3O4S. The molecule has 1 N–H and O–H groups in total. The number of carbonyl (C=O) groups excluding carboxylic acids is 2. The molecule has 9 heteroatoms. The second-order valence-electron chi connectivity index (χ2n) is 9.27. The standard InChI is InChI=1S/C30H36FN3O4S/c1-5-24-10-8-9-11-28(24)34(39(37,38)26-18-12-22(4)13-19-26)21-29(35)33(27(6-2)30(36)32-7-3)20-23-14-16-25(31)17-15-23/h8-19,27H,5-7,20-21H2,1-4H3,(H,32,36)/t27-/m0/s1. The number of carbonyl (C=O) groups is 2. The number of hydrogen-bond donors (Lipinski definition) is 1. The number of halogens is 1. The van der Waals surface area contributed by atoms with Gasteiger partial charge < -0.3 is 10.2 Å². The van der Waals surface area contributed by atoms with E-state index in [4.69, 9.17) is 0 Å². The van der Waals surface area contributed by atoms with Crippen molar-refractivity contribution >= 4 is 27.5 Å². The van der Waals surface area contributed by atoms with E-state index in [9.17, 15) is 22.4 Å². The summed E-state index contributed by atoms with van der Waals surface area (Å²) >= 11 is 0. The smallest absolute Gasteiger partial charge is 0.264 e. The van der Waals surface area contributed by atoms with Gasteiger partial charge in [-0.15, -0.1) is 0 Å². The maximum atomic E-state index is 14.0. The van der Waals surface area contributed by atoms with E-state index in [1.165, 1.54) is 29.2 Å². The highest BCUT2D eigenvalue weighted by Crippen LogP contribution is 2.28. The topological polar surface area (TPSA) is 86.8 Å². The van der Waals surface area contributed by atoms with Crippen LogP contribution in [0.1, 0.15) is 43.9 Å². The van der Waals surface area contributed by atoms with Crippen molar-refractivity contribution in [3.05, 3.63) is 95.3 Å². The average Bonchev–Trinajstić information content (AvgIpc) is 2.93. The van der Waals surface area contributed by atoms with Crippen LogP contribution < -0.4 is 9.62 Å². The Labute approximate surface area is 230 Å². The molecule has 2 amide bonds. The van der Waals surface area contributed by atoms with Crippen LogP contribution in [0.4, 0.5) is 10.1 Å². The van der Waals surface area contributed by atoms with E-state index in [0.717, 1.165) is 15.4 Å². The molecule has 0 aliphatic rings. The molecule has 0 aromatic heterocycles. The molecule has 3 rings (SSSR count). The fourth-order valence-corrected chi connectivity index (χ4v) is 5.85. The Hall–Kier alpha value is -3.72. The molecule has 0 bridgehead atoms. The summed E-state index contributed by atoms with van der Waals surface area (Å²) in [7, 11) is -4.14. The van der Waals surface area contributed by atoms with Crippen molar-refractivity contribution in [1.82, 2.24) is 10.2 Å². The number of nitrogens with one attached hydrogen (secondary N) is 1. The normalized spacial score (nSPS) is 12.0. The molecule has 1 atom stereocenters. The summed E-state index contributed by atoms with van der Waals surface area (Å²) in [5, 5.41) is 2.77. The van der Waals surface area contributed by atoms with E-state index < -0.39 is 34.3 Å². The maximum absolute atomic E-state index is 14.0. The highest BCUT2D eigenvalue weighted by Gasteiger charge is 2.34. The second-order valence-corrected chi connectivity index (χ2v) is 11.1. The number of amides is 2. The van der Waals surface area contributed by atoms with E-state index in [-0.39, 0.29) is 17.3 Å². The minimum atomic E-state index is -4.14. The van der Waals surface area contributed by atoms with Crippen LogP contribution >= 0.6 is 0 Å². The number of hydrogen-bond acceptors (Lipinski definition) is 4. The SMILES string of the molecule is CCNC(=O)[C@H](CC)N(Cc1ccc(F)cc1)C(=O)CN(c1ccccc1CC)S(=O)(=O)c1ccc(C)cc1. The maximum Gasteiger partial charge on any atom is 0.264 e. The molecule has 0 spiro atoms. The number of rotatable bonds is 12. The zero-order valence-corrected chi connectivity index (χ0v) is 23.7. The van der Waals surface area contributed by atoms with Crippen LogP contribution in [0.3, 0.4) is 0 Å². The van der Waals surface area contributed by atoms with E-state index in [0.29, 0.717) is 30.6 Å². The molecule has 7 nitrogen and oxygen atoms in total. The lowest BCUT2D eigenvalue weighted by Gasteiger charge is -2.33. The Morgan fingerprint density at radius 1 is 0.923 bits per heavy atom. The first-order valence-corrected chi connectivity index (χ1v) is 14.5. The van der Waals surface area contributed by atoms with E-state index >= 15 is 0 Å². The molecule has 0 heterocycles. The molecular weight excluding hydrogens is 517 g/mol. The van der Waals surface area contributed by atoms with Gasteiger partial charge in [0.05, 0.1) is 10.6 Å². The minimum absolute atomic E-state index is 0.0165. The molecule has 0 aliphatic carbocycles. The van der Waals surface area contributed by atoms with Gasteiger partial charge in [0.15, 0.2) is 0 Å². The Bertz CT molecular complexity index is 1380. The molecule has 3 aromatic rings. The lowest BCUT2D eigenvalue weighted by atomic mass is 10.1. The van der Waals surface area contributed by atoms with Crippen molar-refractivity contribution in [3.8, 4) is 0 Å². The van der Waals surface area contributed by atoms with Gasteiger partial charge in [0.1, 0.15) is 18.4 Å². The third-order valence-corrected chi connectivity index (χ3v) is 8.31. The van der Waals surface area contributed by atoms with Gasteiger partial charge in [-0.1, -0.05) is 61.9 Å². The number of likely N-dealkylation sites (N-methyl/N-ethyl adjacent to an activating group) is 1. The van der Waals surface area contributed by atoms with Crippen molar-refractivity contribution in [1.29, 1.82) is 0 Å². The Balaban J connectivity index is 2.09. The molecule has 0 saturated heterocycles. The van der Waals surface area contributed by atoms with Crippen LogP contribution in [-0.2, 0) is 32.6 Å². The first kappa shape index (κ1) is 29.8. The zero-order valence-electron chi connectivity index (χ0n) is 22.9. The molecule has 0 radical (unpaired) electrons. The summed E-state index contributed by atoms with van der Waals surface area (Å²) in [6.45, 7) is 7.25. The summed E-state index contributed by atoms with van der Waals surface area (Å²) in [5.41, 5.74) is 2.70. The summed E-state index contributed by atoms with van der Waals surface area (Å²) in [6, 6.07) is 18.4. The van der Waals surface area contributed by atoms with Gasteiger partial charge in [-0.25, -0.2) is 12.8 Å². The van der Waals surface area contributed by atoms with Crippen LogP contribution in [0.5, 0.6) is 0 Å². The summed E-state index contributed by atoms with van der Waals surface area (Å²) in [5.74, 6) is -1.30. The zero-order chi connectivity index (χ0) is 28.6. The van der Waals surface area contributed by atoms with Gasteiger partial charge in [0.2, 0.25) is 11.8 Å². The molecule has 3 aromatic carbocycles. The number of nitrogens with zero attached hydrogens (tertiary/aromatic N) is 2. The number of aryl methyl sites for hydroxylation is 2. The Morgan fingerprint density at radius 3 is 2.15 bits per heavy atom. The lowest BCUT2D eigenvalue weighted by Crippen LogP contribution is -2.52. The van der Waals surface area contributed by atoms with Crippen molar-refractivity contribution in [3.63, 3.8) is 0 Å². The van der Waals surface area contributed by atoms with Gasteiger partial charge in [0, 0.05) is 13.1 Å². The van der Waals surface area contributed by atoms with E-state index in [2.05, 4.69) is 5.32 Å². The van der Waals surface area contributed by atoms with Crippen LogP contribution in [0.15, 0.2) is 77.7 Å². The largest absolute Gasteiger partial charge is 0.355 e. The van der Waals surface area contributed by atoms with E-state index in [1.54, 1.807) is 50.2 Å². The number of anilines is 1. The van der Waals surface area contributed by atoms with Crippen molar-refractivity contribution in [2.24, 2.45) is 0 Å². The van der Waals surface area contributed by atoms with Crippen LogP contribution in [-0.4, -0.2) is 44.3 Å². The number of para-hydroxylation sites is 1. The van der Waals surface area contributed by atoms with Crippen LogP contribution in [0.2, 0.25) is 0 Å². The van der Waals surface area contributed by atoms with Gasteiger partial charge in [-0.3, -0.25) is 13.9 Å². The first-order valence-electron chi connectivity index (χ1n) is 13.1. The quantitative estimate of drug-likeness (QED) is 0.348. The van der Waals surface area contributed by atoms with Crippen LogP contribution in [0, 0.1) is 12.7 Å². The first-order chi connectivity index (χ1) is 18.6. The molecule has 0 fully saturated rings. The molecule has 0 aliphatic heterocycles. The van der Waals surface area contributed by atoms with Gasteiger partial charge >= 0.3 is 0 Å². The fourth-order valence-electron chi connectivity index (χ4n) is 4.40. The molecule has 0 unspecified atom stereocenters. The summed E-state index contributed by atoms with van der Waals surface area (Å²) in [4.78, 5) is 28.4. The highest BCUT2D eigenvalue weighted by atomic mass is 32.2. The Kier molecular flexibility index (Phi) is 10.2. The monoisotopic (exact) mass is 553 g/mol. The Morgan fingerprint density at radius 2 is 1.56 bits per heavy atom. The van der Waals surface area contributed by atoms with Crippen LogP contribution in [0.25, 0.3) is 0 Å². The molecule has 208 valence electrons. The van der Waals surface area contributed by atoms with Crippen molar-refractivity contribution < 1.29 is 22.4 Å². The molecule has 39 heavy (non-hydrogen) atoms. The third-order valence-electron chi connectivity index (χ3n) is 6.53. The summed E-state index contributed by atoms with van der Waals surface area (Å²) < 4.78 is 42.6. The lowest BCUT2D eigenvalue weighted by molar-refractivity contribution is -0.140.